The van der Waals surface area contributed by atoms with Crippen LogP contribution in [0.5, 0.6) is 0 Å². The summed E-state index contributed by atoms with van der Waals surface area (Å²) < 4.78 is 42.9. The first-order chi connectivity index (χ1) is 10.4. The minimum Gasteiger partial charge on any atom is -0.500 e. The lowest BCUT2D eigenvalue weighted by Gasteiger charge is -2.32. The lowest BCUT2D eigenvalue weighted by Crippen LogP contribution is -2.39. The second-order valence-electron chi connectivity index (χ2n) is 5.56. The zero-order valence-corrected chi connectivity index (χ0v) is 11.8. The molecule has 1 fully saturated rings. The van der Waals surface area contributed by atoms with Gasteiger partial charge in [-0.2, -0.15) is 18.3 Å². The maximum Gasteiger partial charge on any atom is 0.435 e. The molecule has 0 bridgehead atoms. The summed E-state index contributed by atoms with van der Waals surface area (Å²) >= 11 is 0. The molecule has 8 heteroatoms. The van der Waals surface area contributed by atoms with Crippen LogP contribution in [0.2, 0.25) is 0 Å². The molecule has 3 rings (SSSR count). The number of likely N-dealkylation sites (tertiary alicyclic amines) is 1. The van der Waals surface area contributed by atoms with Crippen molar-refractivity contribution in [2.75, 3.05) is 19.7 Å². The van der Waals surface area contributed by atoms with Crippen molar-refractivity contribution in [1.82, 2.24) is 15.1 Å². The van der Waals surface area contributed by atoms with Gasteiger partial charge in [0.1, 0.15) is 0 Å². The predicted octanol–water partition coefficient (Wildman–Crippen LogP) is 2.44. The third-order valence-electron chi connectivity index (χ3n) is 4.03. The van der Waals surface area contributed by atoms with Gasteiger partial charge in [0.2, 0.25) is 0 Å². The largest absolute Gasteiger partial charge is 0.500 e. The molecule has 3 heterocycles. The number of nitrogens with one attached hydrogen (secondary N) is 1. The van der Waals surface area contributed by atoms with E-state index in [9.17, 15) is 18.0 Å². The molecule has 1 amide bonds. The van der Waals surface area contributed by atoms with Gasteiger partial charge in [0.25, 0.3) is 5.91 Å². The van der Waals surface area contributed by atoms with Gasteiger partial charge in [-0.15, -0.1) is 0 Å². The number of aromatic nitrogens is 2. The molecule has 1 saturated heterocycles. The van der Waals surface area contributed by atoms with Crippen LogP contribution in [-0.2, 0) is 15.7 Å². The first-order valence-corrected chi connectivity index (χ1v) is 7.17. The number of halogens is 3. The third-order valence-corrected chi connectivity index (χ3v) is 4.03. The average Bonchev–Trinajstić information content (AvgIpc) is 3.17. The standard InChI is InChI=1S/C14H16F3N3O2/c15-14(16,17)12-6-11(18-19-12)9-2-1-4-20(7-9)13(21)10-3-5-22-8-10/h6,8-9H,1-5,7H2,(H,18,19)/t9-/m1/s1. The number of rotatable bonds is 2. The summed E-state index contributed by atoms with van der Waals surface area (Å²) in [7, 11) is 0. The lowest BCUT2D eigenvalue weighted by molar-refractivity contribution is -0.141. The highest BCUT2D eigenvalue weighted by Gasteiger charge is 2.35. The topological polar surface area (TPSA) is 58.2 Å². The summed E-state index contributed by atoms with van der Waals surface area (Å²) in [5.41, 5.74) is 0.139. The molecule has 5 nitrogen and oxygen atoms in total. The Hall–Kier alpha value is -1.99. The van der Waals surface area contributed by atoms with Crippen LogP contribution in [0.25, 0.3) is 0 Å². The molecule has 1 atom stereocenters. The maximum absolute atomic E-state index is 12.6. The van der Waals surface area contributed by atoms with Gasteiger partial charge >= 0.3 is 6.18 Å². The third kappa shape index (κ3) is 2.95. The van der Waals surface area contributed by atoms with Crippen molar-refractivity contribution in [3.63, 3.8) is 0 Å². The number of H-pyrrole nitrogens is 1. The average molecular weight is 315 g/mol. The number of nitrogens with zero attached hydrogens (tertiary/aromatic N) is 2. The molecule has 1 N–H and O–H groups in total. The van der Waals surface area contributed by atoms with E-state index in [0.717, 1.165) is 18.9 Å². The fourth-order valence-electron chi connectivity index (χ4n) is 2.85. The van der Waals surface area contributed by atoms with E-state index in [2.05, 4.69) is 10.2 Å². The van der Waals surface area contributed by atoms with Gasteiger partial charge in [0, 0.05) is 31.1 Å². The number of ether oxygens (including phenoxy) is 1. The molecule has 0 radical (unpaired) electrons. The van der Waals surface area contributed by atoms with Gasteiger partial charge in [0.05, 0.1) is 18.4 Å². The maximum atomic E-state index is 12.6. The number of amides is 1. The zero-order chi connectivity index (χ0) is 15.7. The molecule has 0 saturated carbocycles. The van der Waals surface area contributed by atoms with E-state index in [1.54, 1.807) is 4.90 Å². The fourth-order valence-corrected chi connectivity index (χ4v) is 2.85. The Morgan fingerprint density at radius 1 is 1.45 bits per heavy atom. The van der Waals surface area contributed by atoms with Crippen LogP contribution in [0.4, 0.5) is 13.2 Å². The Kier molecular flexibility index (Phi) is 3.84. The lowest BCUT2D eigenvalue weighted by atomic mass is 9.94. The molecule has 1 aromatic rings. The van der Waals surface area contributed by atoms with Crippen molar-refractivity contribution < 1.29 is 22.7 Å². The predicted molar refractivity (Wildman–Crippen MR) is 70.8 cm³/mol. The van der Waals surface area contributed by atoms with E-state index < -0.39 is 11.9 Å². The summed E-state index contributed by atoms with van der Waals surface area (Å²) in [6, 6.07) is 1.04. The molecule has 0 aliphatic carbocycles. The molecular weight excluding hydrogens is 299 g/mol. The number of piperidine rings is 1. The van der Waals surface area contributed by atoms with Gasteiger partial charge < -0.3 is 9.64 Å². The SMILES string of the molecule is O=C(C1=COCC1)N1CCC[C@@H](c2cc(C(F)(F)F)n[nH]2)C1. The van der Waals surface area contributed by atoms with Gasteiger partial charge in [0.15, 0.2) is 5.69 Å². The molecule has 2 aliphatic heterocycles. The molecule has 1 aromatic heterocycles. The van der Waals surface area contributed by atoms with E-state index in [4.69, 9.17) is 4.74 Å². The fraction of sp³-hybridized carbons (Fsp3) is 0.571. The Labute approximate surface area is 125 Å². The monoisotopic (exact) mass is 315 g/mol. The Bertz CT molecular complexity index is 594. The number of hydrogen-bond acceptors (Lipinski definition) is 3. The number of alkyl halides is 3. The second-order valence-corrected chi connectivity index (χ2v) is 5.56. The van der Waals surface area contributed by atoms with Gasteiger partial charge in [-0.05, 0) is 18.9 Å². The second kappa shape index (κ2) is 5.66. The Balaban J connectivity index is 1.70. The molecular formula is C14H16F3N3O2. The van der Waals surface area contributed by atoms with Crippen LogP contribution < -0.4 is 0 Å². The van der Waals surface area contributed by atoms with Crippen molar-refractivity contribution in [3.05, 3.63) is 29.3 Å². The molecule has 120 valence electrons. The van der Waals surface area contributed by atoms with Crippen LogP contribution in [0.3, 0.4) is 0 Å². The van der Waals surface area contributed by atoms with Crippen molar-refractivity contribution in [1.29, 1.82) is 0 Å². The molecule has 0 spiro atoms. The van der Waals surface area contributed by atoms with Crippen LogP contribution >= 0.6 is 0 Å². The van der Waals surface area contributed by atoms with Crippen LogP contribution in [-0.4, -0.2) is 40.7 Å². The number of hydrogen-bond donors (Lipinski definition) is 1. The first kappa shape index (κ1) is 14.9. The van der Waals surface area contributed by atoms with Gasteiger partial charge in [-0.3, -0.25) is 9.89 Å². The summed E-state index contributed by atoms with van der Waals surface area (Å²) in [5, 5.41) is 5.79. The van der Waals surface area contributed by atoms with Gasteiger partial charge in [-0.25, -0.2) is 0 Å². The van der Waals surface area contributed by atoms with Crippen LogP contribution in [0.1, 0.15) is 36.6 Å². The van der Waals surface area contributed by atoms with Crippen molar-refractivity contribution in [3.8, 4) is 0 Å². The summed E-state index contributed by atoms with van der Waals surface area (Å²) in [5.74, 6) is -0.234. The number of carbonyl (C=O) groups excluding carboxylic acids is 1. The first-order valence-electron chi connectivity index (χ1n) is 7.17. The zero-order valence-electron chi connectivity index (χ0n) is 11.8. The van der Waals surface area contributed by atoms with Crippen molar-refractivity contribution in [2.24, 2.45) is 0 Å². The highest BCUT2D eigenvalue weighted by molar-refractivity contribution is 5.93. The Morgan fingerprint density at radius 2 is 2.27 bits per heavy atom. The molecule has 22 heavy (non-hydrogen) atoms. The van der Waals surface area contributed by atoms with Crippen LogP contribution in [0, 0.1) is 0 Å². The highest BCUT2D eigenvalue weighted by Crippen LogP contribution is 2.32. The summed E-state index contributed by atoms with van der Waals surface area (Å²) in [4.78, 5) is 14.0. The summed E-state index contributed by atoms with van der Waals surface area (Å²) in [6.07, 6.45) is -0.902. The number of carbonyl (C=O) groups is 1. The van der Waals surface area contributed by atoms with E-state index in [0.29, 0.717) is 37.4 Å². The molecule has 2 aliphatic rings. The summed E-state index contributed by atoms with van der Waals surface area (Å²) in [6.45, 7) is 1.52. The van der Waals surface area contributed by atoms with Crippen molar-refractivity contribution >= 4 is 5.91 Å². The smallest absolute Gasteiger partial charge is 0.435 e. The van der Waals surface area contributed by atoms with E-state index >= 15 is 0 Å². The Morgan fingerprint density at radius 3 is 2.91 bits per heavy atom. The number of aromatic amines is 1. The highest BCUT2D eigenvalue weighted by atomic mass is 19.4. The normalized spacial score (nSPS) is 22.4. The van der Waals surface area contributed by atoms with Crippen molar-refractivity contribution in [2.45, 2.75) is 31.4 Å². The quantitative estimate of drug-likeness (QED) is 0.912. The van der Waals surface area contributed by atoms with E-state index in [1.165, 1.54) is 6.26 Å². The van der Waals surface area contributed by atoms with E-state index in [-0.39, 0.29) is 11.8 Å². The van der Waals surface area contributed by atoms with Gasteiger partial charge in [-0.1, -0.05) is 0 Å². The molecule has 0 unspecified atom stereocenters. The molecule has 0 aromatic carbocycles. The minimum absolute atomic E-state index is 0.0854. The van der Waals surface area contributed by atoms with E-state index in [1.807, 2.05) is 0 Å². The minimum atomic E-state index is -4.45. The van der Waals surface area contributed by atoms with Crippen LogP contribution in [0.15, 0.2) is 17.9 Å².